The van der Waals surface area contributed by atoms with E-state index in [1.165, 1.54) is 25.0 Å². The van der Waals surface area contributed by atoms with E-state index in [0.717, 1.165) is 33.5 Å². The molecule has 0 radical (unpaired) electrons. The van der Waals surface area contributed by atoms with Crippen molar-refractivity contribution in [3.8, 4) is 11.1 Å². The number of rotatable bonds is 4. The Morgan fingerprint density at radius 1 is 1.03 bits per heavy atom. The summed E-state index contributed by atoms with van der Waals surface area (Å²) in [6.07, 6.45) is 7.40. The Morgan fingerprint density at radius 3 is 2.67 bits per heavy atom. The second-order valence-electron chi connectivity index (χ2n) is 9.05. The molecule has 1 aliphatic rings. The number of halogens is 1. The lowest BCUT2D eigenvalue weighted by atomic mass is 9.68. The van der Waals surface area contributed by atoms with Gasteiger partial charge in [-0.05, 0) is 54.8 Å². The highest BCUT2D eigenvalue weighted by Gasteiger charge is 2.34. The number of hydrogen-bond acceptors (Lipinski definition) is 5. The van der Waals surface area contributed by atoms with Gasteiger partial charge in [-0.25, -0.2) is 0 Å². The molecule has 5 aromatic rings. The fourth-order valence-electron chi connectivity index (χ4n) is 4.68. The number of benzene rings is 2. The van der Waals surface area contributed by atoms with E-state index in [9.17, 15) is 0 Å². The summed E-state index contributed by atoms with van der Waals surface area (Å²) in [5.74, 6) is 1.33. The molecule has 6 nitrogen and oxygen atoms in total. The van der Waals surface area contributed by atoms with Gasteiger partial charge in [0.1, 0.15) is 12.1 Å². The van der Waals surface area contributed by atoms with E-state index in [1.54, 1.807) is 6.33 Å². The zero-order valence-corrected chi connectivity index (χ0v) is 19.3. The maximum absolute atomic E-state index is 6.28. The first-order valence-corrected chi connectivity index (χ1v) is 11.5. The minimum Gasteiger partial charge on any atom is -0.329 e. The normalized spacial score (nSPS) is 15.0. The van der Waals surface area contributed by atoms with Crippen molar-refractivity contribution in [2.24, 2.45) is 0 Å². The van der Waals surface area contributed by atoms with Crippen LogP contribution in [0.5, 0.6) is 0 Å². The smallest absolute Gasteiger partial charge is 0.257 e. The van der Waals surface area contributed by atoms with Gasteiger partial charge in [0.05, 0.1) is 5.52 Å². The standard InChI is InChI=1S/C26H23ClN6/c1-26(11-4-12-26)23-10-7-18(15-28-23)17-5-3-6-20(13-17)32(2)24-21-9-8-19(27)14-22(21)33-16-29-31-25(33)30-24/h3,5-10,13-16H,4,11-12H2,1-2H3. The summed E-state index contributed by atoms with van der Waals surface area (Å²) < 4.78 is 1.85. The first-order chi connectivity index (χ1) is 16.0. The third-order valence-electron chi connectivity index (χ3n) is 6.92. The second kappa shape index (κ2) is 7.52. The number of nitrogens with zero attached hydrogens (tertiary/aromatic N) is 6. The van der Waals surface area contributed by atoms with Gasteiger partial charge in [-0.3, -0.25) is 9.38 Å². The molecule has 33 heavy (non-hydrogen) atoms. The van der Waals surface area contributed by atoms with Gasteiger partial charge >= 0.3 is 0 Å². The molecule has 0 unspecified atom stereocenters. The Bertz CT molecular complexity index is 1490. The first-order valence-electron chi connectivity index (χ1n) is 11.1. The van der Waals surface area contributed by atoms with Crippen molar-refractivity contribution in [2.45, 2.75) is 31.6 Å². The van der Waals surface area contributed by atoms with Crippen LogP contribution in [-0.2, 0) is 5.41 Å². The lowest BCUT2D eigenvalue weighted by molar-refractivity contribution is 0.264. The molecule has 0 bridgehead atoms. The summed E-state index contributed by atoms with van der Waals surface area (Å²) in [6.45, 7) is 2.31. The first kappa shape index (κ1) is 20.1. The van der Waals surface area contributed by atoms with Crippen molar-refractivity contribution in [1.82, 2.24) is 24.6 Å². The minimum atomic E-state index is 0.247. The van der Waals surface area contributed by atoms with Gasteiger partial charge in [0.15, 0.2) is 0 Å². The van der Waals surface area contributed by atoms with Gasteiger partial charge in [0.25, 0.3) is 5.78 Å². The molecule has 0 atom stereocenters. The van der Waals surface area contributed by atoms with E-state index in [1.807, 2.05) is 35.8 Å². The maximum atomic E-state index is 6.28. The zero-order chi connectivity index (χ0) is 22.6. The summed E-state index contributed by atoms with van der Waals surface area (Å²) in [4.78, 5) is 11.7. The number of aromatic nitrogens is 5. The Hall–Kier alpha value is -3.51. The average Bonchev–Trinajstić information content (AvgIpc) is 3.31. The van der Waals surface area contributed by atoms with E-state index < -0.39 is 0 Å². The molecule has 164 valence electrons. The van der Waals surface area contributed by atoms with Gasteiger partial charge in [-0.1, -0.05) is 43.1 Å². The molecule has 1 saturated carbocycles. The predicted molar refractivity (Wildman–Crippen MR) is 132 cm³/mol. The quantitative estimate of drug-likeness (QED) is 0.323. The van der Waals surface area contributed by atoms with Crippen LogP contribution in [0.3, 0.4) is 0 Å². The molecule has 0 amide bonds. The van der Waals surface area contributed by atoms with Crippen LogP contribution in [0.25, 0.3) is 27.8 Å². The highest BCUT2D eigenvalue weighted by molar-refractivity contribution is 6.31. The number of hydrogen-bond donors (Lipinski definition) is 0. The van der Waals surface area contributed by atoms with Crippen molar-refractivity contribution < 1.29 is 0 Å². The van der Waals surface area contributed by atoms with Crippen LogP contribution in [0, 0.1) is 0 Å². The summed E-state index contributed by atoms with van der Waals surface area (Å²) in [5, 5.41) is 9.82. The lowest BCUT2D eigenvalue weighted by Gasteiger charge is -2.37. The molecule has 0 saturated heterocycles. The Kier molecular flexibility index (Phi) is 4.59. The van der Waals surface area contributed by atoms with Gasteiger partial charge < -0.3 is 4.90 Å². The minimum absolute atomic E-state index is 0.247. The van der Waals surface area contributed by atoms with E-state index >= 15 is 0 Å². The fourth-order valence-corrected chi connectivity index (χ4v) is 4.85. The molecule has 7 heteroatoms. The van der Waals surface area contributed by atoms with Crippen LogP contribution in [0.4, 0.5) is 11.5 Å². The summed E-state index contributed by atoms with van der Waals surface area (Å²) in [6, 6.07) is 18.6. The molecular weight excluding hydrogens is 432 g/mol. The van der Waals surface area contributed by atoms with E-state index in [0.29, 0.717) is 10.8 Å². The molecule has 6 rings (SSSR count). The van der Waals surface area contributed by atoms with Gasteiger partial charge in [-0.2, -0.15) is 4.98 Å². The van der Waals surface area contributed by atoms with Crippen LogP contribution < -0.4 is 4.90 Å². The summed E-state index contributed by atoms with van der Waals surface area (Å²) in [5.41, 5.74) is 5.61. The Balaban J connectivity index is 1.40. The second-order valence-corrected chi connectivity index (χ2v) is 9.49. The van der Waals surface area contributed by atoms with Crippen molar-refractivity contribution in [2.75, 3.05) is 11.9 Å². The predicted octanol–water partition coefficient (Wildman–Crippen LogP) is 6.20. The highest BCUT2D eigenvalue weighted by atomic mass is 35.5. The molecule has 2 aromatic carbocycles. The van der Waals surface area contributed by atoms with Crippen LogP contribution in [0.15, 0.2) is 67.1 Å². The van der Waals surface area contributed by atoms with E-state index in [-0.39, 0.29) is 5.41 Å². The number of fused-ring (bicyclic) bond motifs is 3. The molecule has 3 aromatic heterocycles. The molecule has 0 spiro atoms. The van der Waals surface area contributed by atoms with E-state index in [2.05, 4.69) is 58.4 Å². The monoisotopic (exact) mass is 454 g/mol. The van der Waals surface area contributed by atoms with E-state index in [4.69, 9.17) is 21.6 Å². The zero-order valence-electron chi connectivity index (χ0n) is 18.5. The maximum Gasteiger partial charge on any atom is 0.257 e. The Morgan fingerprint density at radius 2 is 1.91 bits per heavy atom. The van der Waals surface area contributed by atoms with Gasteiger partial charge in [0, 0.05) is 46.0 Å². The SMILES string of the molecule is CN(c1cccc(-c2ccc(C3(C)CCC3)nc2)c1)c1nc2nncn2c2cc(Cl)ccc12. The average molecular weight is 455 g/mol. The number of anilines is 2. The molecule has 1 fully saturated rings. The van der Waals surface area contributed by atoms with Crippen molar-refractivity contribution in [1.29, 1.82) is 0 Å². The molecule has 0 aliphatic heterocycles. The lowest BCUT2D eigenvalue weighted by Crippen LogP contribution is -2.31. The van der Waals surface area contributed by atoms with Crippen LogP contribution >= 0.6 is 11.6 Å². The summed E-state index contributed by atoms with van der Waals surface area (Å²) in [7, 11) is 2.02. The van der Waals surface area contributed by atoms with Gasteiger partial charge in [-0.15, -0.1) is 10.2 Å². The van der Waals surface area contributed by atoms with Crippen molar-refractivity contribution in [3.05, 3.63) is 77.8 Å². The fraction of sp³-hybridized carbons (Fsp3) is 0.231. The van der Waals surface area contributed by atoms with Crippen LogP contribution in [0.1, 0.15) is 31.9 Å². The highest BCUT2D eigenvalue weighted by Crippen LogP contribution is 2.42. The third kappa shape index (κ3) is 3.33. The molecule has 0 N–H and O–H groups in total. The molecular formula is C26H23ClN6. The Labute approximate surface area is 196 Å². The molecule has 1 aliphatic carbocycles. The largest absolute Gasteiger partial charge is 0.329 e. The van der Waals surface area contributed by atoms with Crippen molar-refractivity contribution in [3.63, 3.8) is 0 Å². The van der Waals surface area contributed by atoms with Crippen LogP contribution in [-0.4, -0.2) is 31.6 Å². The third-order valence-corrected chi connectivity index (χ3v) is 7.15. The number of pyridine rings is 1. The summed E-state index contributed by atoms with van der Waals surface area (Å²) >= 11 is 6.28. The van der Waals surface area contributed by atoms with Gasteiger partial charge in [0.2, 0.25) is 0 Å². The van der Waals surface area contributed by atoms with Crippen molar-refractivity contribution >= 4 is 39.8 Å². The molecule has 3 heterocycles. The topological polar surface area (TPSA) is 59.2 Å². The van der Waals surface area contributed by atoms with Crippen LogP contribution in [0.2, 0.25) is 5.02 Å².